The fourth-order valence-electron chi connectivity index (χ4n) is 2.32. The summed E-state index contributed by atoms with van der Waals surface area (Å²) in [5.41, 5.74) is 1.24. The summed E-state index contributed by atoms with van der Waals surface area (Å²) in [5.74, 6) is -0.294. The van der Waals surface area contributed by atoms with Gasteiger partial charge in [0.1, 0.15) is 5.82 Å². The minimum Gasteiger partial charge on any atom is -0.385 e. The topological polar surface area (TPSA) is 20.2 Å². The first-order valence-electron chi connectivity index (χ1n) is 6.12. The molecule has 0 saturated heterocycles. The number of rotatable bonds is 3. The van der Waals surface area contributed by atoms with E-state index in [1.807, 2.05) is 31.2 Å². The monoisotopic (exact) mass is 322 g/mol. The largest absolute Gasteiger partial charge is 0.385 e. The van der Waals surface area contributed by atoms with Crippen molar-refractivity contribution in [2.24, 2.45) is 0 Å². The minimum atomic E-state index is -1.09. The Bertz CT molecular complexity index is 593. The summed E-state index contributed by atoms with van der Waals surface area (Å²) < 4.78 is 14.6. The molecule has 100 valence electrons. The molecular formula is C16H16BrFO. The second-order valence-corrected chi connectivity index (χ2v) is 5.92. The number of aliphatic hydroxyl groups is 1. The first kappa shape index (κ1) is 14.2. The molecule has 0 radical (unpaired) electrons. The molecule has 0 saturated carbocycles. The number of hydrogen-bond acceptors (Lipinski definition) is 1. The number of benzene rings is 2. The van der Waals surface area contributed by atoms with Crippen LogP contribution >= 0.6 is 15.9 Å². The molecule has 0 aliphatic heterocycles. The van der Waals surface area contributed by atoms with Gasteiger partial charge in [0.15, 0.2) is 0 Å². The summed E-state index contributed by atoms with van der Waals surface area (Å²) in [6.07, 6.45) is 0.239. The highest BCUT2D eigenvalue weighted by atomic mass is 79.9. The Balaban J connectivity index is 2.36. The molecule has 1 nitrogen and oxygen atoms in total. The Morgan fingerprint density at radius 3 is 2.58 bits per heavy atom. The molecule has 2 aromatic carbocycles. The highest BCUT2D eigenvalue weighted by molar-refractivity contribution is 9.10. The Morgan fingerprint density at radius 1 is 1.21 bits per heavy atom. The average Bonchev–Trinajstić information content (AvgIpc) is 2.34. The highest BCUT2D eigenvalue weighted by Crippen LogP contribution is 2.29. The lowest BCUT2D eigenvalue weighted by molar-refractivity contribution is 0.0560. The lowest BCUT2D eigenvalue weighted by atomic mass is 9.86. The van der Waals surface area contributed by atoms with E-state index >= 15 is 0 Å². The standard InChI is InChI=1S/C16H16BrFO/c1-11-5-3-4-6-14(11)16(2,19)10-12-9-13(17)7-8-15(12)18/h3-9,19H,10H2,1-2H3. The SMILES string of the molecule is Cc1ccccc1C(C)(O)Cc1cc(Br)ccc1F. The molecule has 0 spiro atoms. The fraction of sp³-hybridized carbons (Fsp3) is 0.250. The van der Waals surface area contributed by atoms with Crippen LogP contribution in [0.5, 0.6) is 0 Å². The zero-order valence-corrected chi connectivity index (χ0v) is 12.5. The van der Waals surface area contributed by atoms with Crippen LogP contribution < -0.4 is 0 Å². The number of aryl methyl sites for hydroxylation is 1. The van der Waals surface area contributed by atoms with Crippen LogP contribution in [-0.2, 0) is 12.0 Å². The normalized spacial score (nSPS) is 14.2. The van der Waals surface area contributed by atoms with E-state index in [4.69, 9.17) is 0 Å². The maximum Gasteiger partial charge on any atom is 0.126 e. The van der Waals surface area contributed by atoms with E-state index < -0.39 is 5.60 Å². The van der Waals surface area contributed by atoms with Crippen LogP contribution in [0.2, 0.25) is 0 Å². The summed E-state index contributed by atoms with van der Waals surface area (Å²) >= 11 is 3.33. The molecule has 0 aliphatic carbocycles. The summed E-state index contributed by atoms with van der Waals surface area (Å²) in [4.78, 5) is 0. The summed E-state index contributed by atoms with van der Waals surface area (Å²) in [7, 11) is 0. The van der Waals surface area contributed by atoms with Crippen LogP contribution in [0.3, 0.4) is 0 Å². The van der Waals surface area contributed by atoms with Gasteiger partial charge in [-0.25, -0.2) is 4.39 Å². The molecule has 2 rings (SSSR count). The van der Waals surface area contributed by atoms with Gasteiger partial charge < -0.3 is 5.11 Å². The van der Waals surface area contributed by atoms with Gasteiger partial charge in [-0.1, -0.05) is 40.2 Å². The van der Waals surface area contributed by atoms with E-state index in [2.05, 4.69) is 15.9 Å². The maximum absolute atomic E-state index is 13.8. The Kier molecular flexibility index (Phi) is 4.07. The van der Waals surface area contributed by atoms with Gasteiger partial charge in [0.05, 0.1) is 5.60 Å². The quantitative estimate of drug-likeness (QED) is 0.890. The molecular weight excluding hydrogens is 307 g/mol. The summed E-state index contributed by atoms with van der Waals surface area (Å²) in [6.45, 7) is 3.66. The molecule has 2 aromatic rings. The van der Waals surface area contributed by atoms with E-state index in [1.54, 1.807) is 19.1 Å². The van der Waals surface area contributed by atoms with Crippen molar-refractivity contribution in [1.29, 1.82) is 0 Å². The van der Waals surface area contributed by atoms with E-state index in [-0.39, 0.29) is 12.2 Å². The zero-order chi connectivity index (χ0) is 14.0. The second-order valence-electron chi connectivity index (χ2n) is 5.00. The molecule has 1 unspecified atom stereocenters. The predicted octanol–water partition coefficient (Wildman–Crippen LogP) is 4.35. The number of halogens is 2. The summed E-state index contributed by atoms with van der Waals surface area (Å²) in [5, 5.41) is 10.7. The van der Waals surface area contributed by atoms with E-state index in [0.717, 1.165) is 15.6 Å². The smallest absolute Gasteiger partial charge is 0.126 e. The molecule has 0 aliphatic rings. The third-order valence-corrected chi connectivity index (χ3v) is 3.76. The van der Waals surface area contributed by atoms with E-state index in [1.165, 1.54) is 6.07 Å². The minimum absolute atomic E-state index is 0.239. The molecule has 3 heteroatoms. The molecule has 0 fully saturated rings. The van der Waals surface area contributed by atoms with Gasteiger partial charge >= 0.3 is 0 Å². The van der Waals surface area contributed by atoms with Crippen molar-refractivity contribution in [3.63, 3.8) is 0 Å². The van der Waals surface area contributed by atoms with E-state index in [9.17, 15) is 9.50 Å². The fourth-order valence-corrected chi connectivity index (χ4v) is 2.73. The van der Waals surface area contributed by atoms with Crippen LogP contribution in [0.1, 0.15) is 23.6 Å². The van der Waals surface area contributed by atoms with Gasteiger partial charge in [-0.3, -0.25) is 0 Å². The molecule has 0 heterocycles. The third kappa shape index (κ3) is 3.23. The zero-order valence-electron chi connectivity index (χ0n) is 11.0. The van der Waals surface area contributed by atoms with Crippen LogP contribution in [0.15, 0.2) is 46.9 Å². The van der Waals surface area contributed by atoms with Crippen LogP contribution in [0, 0.1) is 12.7 Å². The van der Waals surface area contributed by atoms with Crippen LogP contribution in [0.25, 0.3) is 0 Å². The van der Waals surface area contributed by atoms with Gasteiger partial charge in [0.25, 0.3) is 0 Å². The van der Waals surface area contributed by atoms with Gasteiger partial charge in [-0.15, -0.1) is 0 Å². The van der Waals surface area contributed by atoms with Crippen LogP contribution in [0.4, 0.5) is 4.39 Å². The Morgan fingerprint density at radius 2 is 1.89 bits per heavy atom. The van der Waals surface area contributed by atoms with Gasteiger partial charge in [-0.05, 0) is 48.7 Å². The lowest BCUT2D eigenvalue weighted by Crippen LogP contribution is -2.25. The van der Waals surface area contributed by atoms with Crippen molar-refractivity contribution in [3.8, 4) is 0 Å². The Labute approximate surface area is 121 Å². The Hall–Kier alpha value is -1.19. The maximum atomic E-state index is 13.8. The van der Waals surface area contributed by atoms with Gasteiger partial charge in [0, 0.05) is 10.9 Å². The van der Waals surface area contributed by atoms with Gasteiger partial charge in [-0.2, -0.15) is 0 Å². The van der Waals surface area contributed by atoms with Crippen molar-refractivity contribution >= 4 is 15.9 Å². The number of hydrogen-bond donors (Lipinski definition) is 1. The molecule has 1 atom stereocenters. The van der Waals surface area contributed by atoms with Crippen molar-refractivity contribution in [1.82, 2.24) is 0 Å². The molecule has 0 bridgehead atoms. The van der Waals surface area contributed by atoms with Crippen molar-refractivity contribution in [3.05, 3.63) is 69.4 Å². The van der Waals surface area contributed by atoms with E-state index in [0.29, 0.717) is 5.56 Å². The molecule has 19 heavy (non-hydrogen) atoms. The molecule has 0 aromatic heterocycles. The average molecular weight is 323 g/mol. The summed E-state index contributed by atoms with van der Waals surface area (Å²) in [6, 6.07) is 12.4. The predicted molar refractivity (Wildman–Crippen MR) is 78.6 cm³/mol. The van der Waals surface area contributed by atoms with Crippen molar-refractivity contribution in [2.75, 3.05) is 0 Å². The van der Waals surface area contributed by atoms with Crippen molar-refractivity contribution in [2.45, 2.75) is 25.9 Å². The molecule has 1 N–H and O–H groups in total. The molecule has 0 amide bonds. The first-order chi connectivity index (χ1) is 8.90. The lowest BCUT2D eigenvalue weighted by Gasteiger charge is -2.26. The highest BCUT2D eigenvalue weighted by Gasteiger charge is 2.26. The van der Waals surface area contributed by atoms with Gasteiger partial charge in [0.2, 0.25) is 0 Å². The first-order valence-corrected chi connectivity index (χ1v) is 6.92. The van der Waals surface area contributed by atoms with Crippen molar-refractivity contribution < 1.29 is 9.50 Å². The third-order valence-electron chi connectivity index (χ3n) is 3.27. The van der Waals surface area contributed by atoms with Crippen LogP contribution in [-0.4, -0.2) is 5.11 Å². The second kappa shape index (κ2) is 5.43.